The van der Waals surface area contributed by atoms with Gasteiger partial charge >= 0.3 is 6.18 Å². The van der Waals surface area contributed by atoms with Crippen molar-refractivity contribution in [3.8, 4) is 0 Å². The topological polar surface area (TPSA) is 61.4 Å². The van der Waals surface area contributed by atoms with Crippen molar-refractivity contribution in [3.05, 3.63) is 53.1 Å². The van der Waals surface area contributed by atoms with E-state index in [1.54, 1.807) is 12.1 Å². The highest BCUT2D eigenvalue weighted by Crippen LogP contribution is 2.36. The maximum Gasteiger partial charge on any atom is 0.418 e. The minimum Gasteiger partial charge on any atom is -0.324 e. The van der Waals surface area contributed by atoms with E-state index in [0.717, 1.165) is 17.0 Å². The quantitative estimate of drug-likeness (QED) is 0.573. The van der Waals surface area contributed by atoms with Crippen molar-refractivity contribution >= 4 is 46.6 Å². The number of nitrogens with one attached hydrogen (secondary N) is 2. The molecule has 0 saturated carbocycles. The van der Waals surface area contributed by atoms with Crippen molar-refractivity contribution in [2.75, 3.05) is 30.5 Å². The number of halogens is 4. The molecule has 2 aromatic carbocycles. The van der Waals surface area contributed by atoms with Gasteiger partial charge in [-0.3, -0.25) is 14.5 Å². The Labute approximate surface area is 182 Å². The molecule has 0 bridgehead atoms. The molecule has 2 amide bonds. The smallest absolute Gasteiger partial charge is 0.324 e. The minimum absolute atomic E-state index is 0.0901. The van der Waals surface area contributed by atoms with Crippen LogP contribution in [0.15, 0.2) is 47.4 Å². The maximum atomic E-state index is 13.2. The molecule has 2 N–H and O–H groups in total. The number of para-hydroxylation sites is 1. The van der Waals surface area contributed by atoms with Crippen molar-refractivity contribution in [1.82, 2.24) is 4.90 Å². The zero-order valence-electron chi connectivity index (χ0n) is 16.5. The summed E-state index contributed by atoms with van der Waals surface area (Å²) >= 11 is 7.13. The van der Waals surface area contributed by atoms with Gasteiger partial charge in [0.05, 0.1) is 29.5 Å². The molecular weight excluding hydrogens is 439 g/mol. The van der Waals surface area contributed by atoms with Crippen molar-refractivity contribution in [2.45, 2.75) is 24.0 Å². The molecule has 1 atom stereocenters. The number of carbonyl (C=O) groups excluding carboxylic acids is 2. The Morgan fingerprint density at radius 2 is 1.80 bits per heavy atom. The van der Waals surface area contributed by atoms with Crippen molar-refractivity contribution < 1.29 is 22.8 Å². The van der Waals surface area contributed by atoms with E-state index in [2.05, 4.69) is 10.6 Å². The number of benzene rings is 2. The molecule has 30 heavy (non-hydrogen) atoms. The predicted octanol–water partition coefficient (Wildman–Crippen LogP) is 4.98. The van der Waals surface area contributed by atoms with Crippen LogP contribution in [0.5, 0.6) is 0 Å². The summed E-state index contributed by atoms with van der Waals surface area (Å²) < 4.78 is 39.6. The maximum absolute atomic E-state index is 13.2. The highest BCUT2D eigenvalue weighted by molar-refractivity contribution is 7.98. The average molecular weight is 460 g/mol. The first-order valence-corrected chi connectivity index (χ1v) is 10.4. The fraction of sp³-hybridized carbons (Fsp3) is 0.300. The van der Waals surface area contributed by atoms with Crippen LogP contribution in [0.3, 0.4) is 0 Å². The molecule has 10 heteroatoms. The molecular formula is C20H21ClF3N3O2S. The van der Waals surface area contributed by atoms with E-state index in [1.807, 2.05) is 18.4 Å². The van der Waals surface area contributed by atoms with E-state index >= 15 is 0 Å². The lowest BCUT2D eigenvalue weighted by Crippen LogP contribution is -2.43. The molecule has 0 radical (unpaired) electrons. The zero-order chi connectivity index (χ0) is 22.5. The predicted molar refractivity (Wildman–Crippen MR) is 114 cm³/mol. The van der Waals surface area contributed by atoms with Crippen molar-refractivity contribution in [2.24, 2.45) is 0 Å². The van der Waals surface area contributed by atoms with Gasteiger partial charge in [-0.2, -0.15) is 13.2 Å². The second kappa shape index (κ2) is 10.2. The normalized spacial score (nSPS) is 12.5. The van der Waals surface area contributed by atoms with E-state index in [1.165, 1.54) is 36.7 Å². The molecule has 0 unspecified atom stereocenters. The van der Waals surface area contributed by atoms with Gasteiger partial charge in [-0.25, -0.2) is 0 Å². The monoisotopic (exact) mass is 459 g/mol. The number of anilines is 2. The summed E-state index contributed by atoms with van der Waals surface area (Å²) in [6, 6.07) is 9.53. The number of likely N-dealkylation sites (N-methyl/N-ethyl adjacent to an activating group) is 1. The summed E-state index contributed by atoms with van der Waals surface area (Å²) in [4.78, 5) is 27.1. The second-order valence-corrected chi connectivity index (χ2v) is 7.80. The Balaban J connectivity index is 2.03. The van der Waals surface area contributed by atoms with Gasteiger partial charge in [0, 0.05) is 9.92 Å². The van der Waals surface area contributed by atoms with Gasteiger partial charge in [0.15, 0.2) is 0 Å². The Bertz CT molecular complexity index is 924. The summed E-state index contributed by atoms with van der Waals surface area (Å²) in [6.07, 6.45) is -2.79. The lowest BCUT2D eigenvalue weighted by atomic mass is 10.1. The lowest BCUT2D eigenvalue weighted by molar-refractivity contribution is -0.137. The van der Waals surface area contributed by atoms with Gasteiger partial charge < -0.3 is 10.6 Å². The molecule has 2 rings (SSSR count). The molecule has 0 heterocycles. The van der Waals surface area contributed by atoms with Gasteiger partial charge in [0.25, 0.3) is 0 Å². The SMILES string of the molecule is CSc1ccccc1NC(=O)CN(C)[C@@H](C)C(=O)Nc1ccc(Cl)cc1C(F)(F)F. The molecule has 2 aromatic rings. The summed E-state index contributed by atoms with van der Waals surface area (Å²) in [6.45, 7) is 1.38. The summed E-state index contributed by atoms with van der Waals surface area (Å²) in [7, 11) is 1.54. The largest absolute Gasteiger partial charge is 0.418 e. The van der Waals surface area contributed by atoms with Crippen LogP contribution in [0.1, 0.15) is 12.5 Å². The summed E-state index contributed by atoms with van der Waals surface area (Å²) in [5.41, 5.74) is -0.781. The number of carbonyl (C=O) groups is 2. The van der Waals surface area contributed by atoms with Crippen LogP contribution in [-0.4, -0.2) is 42.6 Å². The van der Waals surface area contributed by atoms with Crippen LogP contribution >= 0.6 is 23.4 Å². The number of thioether (sulfide) groups is 1. The summed E-state index contributed by atoms with van der Waals surface area (Å²) in [5, 5.41) is 4.96. The standard InChI is InChI=1S/C20H21ClF3N3O2S/c1-12(19(29)26-15-9-8-13(21)10-14(15)20(22,23)24)27(2)11-18(28)25-16-6-4-5-7-17(16)30-3/h4-10,12H,11H2,1-3H3,(H,25,28)(H,26,29)/t12-/m0/s1. The number of hydrogen-bond acceptors (Lipinski definition) is 4. The first-order chi connectivity index (χ1) is 14.0. The molecule has 0 aliphatic rings. The summed E-state index contributed by atoms with van der Waals surface area (Å²) in [5.74, 6) is -1.02. The number of amides is 2. The highest BCUT2D eigenvalue weighted by atomic mass is 35.5. The number of nitrogens with zero attached hydrogens (tertiary/aromatic N) is 1. The van der Waals surface area contributed by atoms with Crippen LogP contribution in [0, 0.1) is 0 Å². The van der Waals surface area contributed by atoms with Gasteiger partial charge in [-0.05, 0) is 50.6 Å². The molecule has 5 nitrogen and oxygen atoms in total. The van der Waals surface area contributed by atoms with Crippen LogP contribution in [0.25, 0.3) is 0 Å². The molecule has 0 aliphatic carbocycles. The number of alkyl halides is 3. The Morgan fingerprint density at radius 3 is 2.43 bits per heavy atom. The highest BCUT2D eigenvalue weighted by Gasteiger charge is 2.34. The Kier molecular flexibility index (Phi) is 8.17. The van der Waals surface area contributed by atoms with Gasteiger partial charge in [-0.1, -0.05) is 23.7 Å². The first kappa shape index (κ1) is 24.0. The third kappa shape index (κ3) is 6.38. The fourth-order valence-electron chi connectivity index (χ4n) is 2.60. The first-order valence-electron chi connectivity index (χ1n) is 8.83. The van der Waals surface area contributed by atoms with E-state index in [9.17, 15) is 22.8 Å². The van der Waals surface area contributed by atoms with Gasteiger partial charge in [0.2, 0.25) is 11.8 Å². The molecule has 0 fully saturated rings. The average Bonchev–Trinajstić information content (AvgIpc) is 2.68. The molecule has 162 valence electrons. The third-order valence-electron chi connectivity index (χ3n) is 4.36. The van der Waals surface area contributed by atoms with Crippen molar-refractivity contribution in [3.63, 3.8) is 0 Å². The second-order valence-electron chi connectivity index (χ2n) is 6.52. The Hall–Kier alpha value is -2.23. The lowest BCUT2D eigenvalue weighted by Gasteiger charge is -2.24. The van der Waals surface area contributed by atoms with Crippen LogP contribution in [0.4, 0.5) is 24.5 Å². The molecule has 0 aliphatic heterocycles. The molecule has 0 aromatic heterocycles. The van der Waals surface area contributed by atoms with E-state index in [0.29, 0.717) is 5.69 Å². The third-order valence-corrected chi connectivity index (χ3v) is 5.39. The van der Waals surface area contributed by atoms with E-state index in [4.69, 9.17) is 11.6 Å². The Morgan fingerprint density at radius 1 is 1.13 bits per heavy atom. The zero-order valence-corrected chi connectivity index (χ0v) is 18.1. The van der Waals surface area contributed by atoms with Crippen LogP contribution < -0.4 is 10.6 Å². The van der Waals surface area contributed by atoms with E-state index in [-0.39, 0.29) is 17.5 Å². The minimum atomic E-state index is -4.67. The fourth-order valence-corrected chi connectivity index (χ4v) is 3.32. The van der Waals surface area contributed by atoms with Crippen LogP contribution in [0.2, 0.25) is 5.02 Å². The van der Waals surface area contributed by atoms with Crippen LogP contribution in [-0.2, 0) is 15.8 Å². The van der Waals surface area contributed by atoms with Gasteiger partial charge in [0.1, 0.15) is 0 Å². The molecule has 0 saturated heterocycles. The van der Waals surface area contributed by atoms with Gasteiger partial charge in [-0.15, -0.1) is 11.8 Å². The van der Waals surface area contributed by atoms with E-state index < -0.39 is 29.4 Å². The molecule has 0 spiro atoms. The number of hydrogen-bond donors (Lipinski definition) is 2. The number of rotatable bonds is 7. The van der Waals surface area contributed by atoms with Crippen molar-refractivity contribution in [1.29, 1.82) is 0 Å².